The van der Waals surface area contributed by atoms with Gasteiger partial charge in [-0.25, -0.2) is 23.4 Å². The summed E-state index contributed by atoms with van der Waals surface area (Å²) in [6.45, 7) is 2.07. The summed E-state index contributed by atoms with van der Waals surface area (Å²) in [6.07, 6.45) is 8.39. The number of rotatable bonds is 10. The molecule has 164 valence electrons. The fourth-order valence-electron chi connectivity index (χ4n) is 2.99. The Bertz CT molecular complexity index is 1100. The van der Waals surface area contributed by atoms with Crippen LogP contribution < -0.4 is 10.5 Å². The molecule has 0 aliphatic rings. The van der Waals surface area contributed by atoms with Crippen molar-refractivity contribution in [1.82, 2.24) is 19.9 Å². The monoisotopic (exact) mass is 441 g/mol. The first-order chi connectivity index (χ1) is 14.8. The predicted molar refractivity (Wildman–Crippen MR) is 120 cm³/mol. The molecule has 1 aromatic carbocycles. The Morgan fingerprint density at radius 2 is 1.68 bits per heavy atom. The number of sulfone groups is 1. The van der Waals surface area contributed by atoms with Crippen molar-refractivity contribution >= 4 is 15.8 Å². The summed E-state index contributed by atoms with van der Waals surface area (Å²) in [6, 6.07) is 9.26. The number of ether oxygens (including phenoxy) is 1. The van der Waals surface area contributed by atoms with Gasteiger partial charge in [-0.1, -0.05) is 19.1 Å². The molecule has 2 aromatic heterocycles. The average Bonchev–Trinajstić information content (AvgIpc) is 2.73. The van der Waals surface area contributed by atoms with Gasteiger partial charge in [0, 0.05) is 31.1 Å². The molecule has 3 aromatic rings. The first-order valence-corrected chi connectivity index (χ1v) is 12.2. The molecule has 0 fully saturated rings. The van der Waals surface area contributed by atoms with E-state index in [4.69, 9.17) is 10.5 Å². The standard InChI is InChI=1S/C22H27N5O3S/c1-3-16-14-24-20(25-15-16)11-8-18-13-21(27-22(23)26-18)30-19-9-6-17(7-10-19)5-4-12-31(2,28)29/h6-7,9-10,13-15H,3-5,8,11-12H2,1-2H3,(H2,23,26,27). The number of anilines is 1. The van der Waals surface area contributed by atoms with Gasteiger partial charge in [0.15, 0.2) is 0 Å². The van der Waals surface area contributed by atoms with Gasteiger partial charge in [-0.15, -0.1) is 0 Å². The molecular formula is C22H27N5O3S. The summed E-state index contributed by atoms with van der Waals surface area (Å²) >= 11 is 0. The molecule has 0 saturated carbocycles. The summed E-state index contributed by atoms with van der Waals surface area (Å²) in [4.78, 5) is 17.2. The van der Waals surface area contributed by atoms with Crippen LogP contribution in [0.25, 0.3) is 0 Å². The Morgan fingerprint density at radius 3 is 2.32 bits per heavy atom. The summed E-state index contributed by atoms with van der Waals surface area (Å²) in [5.74, 6) is 2.07. The van der Waals surface area contributed by atoms with Gasteiger partial charge in [-0.3, -0.25) is 0 Å². The average molecular weight is 442 g/mol. The zero-order valence-corrected chi connectivity index (χ0v) is 18.6. The fraction of sp³-hybridized carbons (Fsp3) is 0.364. The number of hydrogen-bond acceptors (Lipinski definition) is 8. The normalized spacial score (nSPS) is 11.4. The number of nitrogen functional groups attached to an aromatic ring is 1. The van der Waals surface area contributed by atoms with Crippen LogP contribution in [0.5, 0.6) is 11.6 Å². The van der Waals surface area contributed by atoms with E-state index in [9.17, 15) is 8.42 Å². The summed E-state index contributed by atoms with van der Waals surface area (Å²) in [5, 5.41) is 0. The SMILES string of the molecule is CCc1cnc(CCc2cc(Oc3ccc(CCCS(C)(=O)=O)cc3)nc(N)n2)nc1. The molecular weight excluding hydrogens is 414 g/mol. The molecule has 0 aliphatic carbocycles. The van der Waals surface area contributed by atoms with Crippen LogP contribution in [-0.4, -0.2) is 40.4 Å². The minimum Gasteiger partial charge on any atom is -0.439 e. The topological polar surface area (TPSA) is 121 Å². The lowest BCUT2D eigenvalue weighted by Gasteiger charge is -2.08. The zero-order valence-electron chi connectivity index (χ0n) is 17.8. The third-order valence-electron chi connectivity index (χ3n) is 4.67. The second kappa shape index (κ2) is 10.3. The van der Waals surface area contributed by atoms with Crippen molar-refractivity contribution in [3.05, 3.63) is 65.4 Å². The second-order valence-electron chi connectivity index (χ2n) is 7.40. The van der Waals surface area contributed by atoms with Crippen molar-refractivity contribution < 1.29 is 13.2 Å². The Hall–Kier alpha value is -3.07. The lowest BCUT2D eigenvalue weighted by atomic mass is 10.1. The highest BCUT2D eigenvalue weighted by Gasteiger charge is 2.08. The van der Waals surface area contributed by atoms with Gasteiger partial charge < -0.3 is 10.5 Å². The van der Waals surface area contributed by atoms with Gasteiger partial charge >= 0.3 is 0 Å². The molecule has 0 amide bonds. The Kier molecular flexibility index (Phi) is 7.51. The number of benzene rings is 1. The molecule has 9 heteroatoms. The van der Waals surface area contributed by atoms with Gasteiger partial charge in [0.2, 0.25) is 11.8 Å². The summed E-state index contributed by atoms with van der Waals surface area (Å²) in [7, 11) is -2.94. The first-order valence-electron chi connectivity index (χ1n) is 10.2. The van der Waals surface area contributed by atoms with E-state index in [1.165, 1.54) is 6.26 Å². The highest BCUT2D eigenvalue weighted by molar-refractivity contribution is 7.90. The molecule has 0 aliphatic heterocycles. The van der Waals surface area contributed by atoms with E-state index in [1.807, 2.05) is 36.7 Å². The highest BCUT2D eigenvalue weighted by Crippen LogP contribution is 2.22. The van der Waals surface area contributed by atoms with Gasteiger partial charge in [0.05, 0.1) is 11.4 Å². The Morgan fingerprint density at radius 1 is 0.968 bits per heavy atom. The maximum Gasteiger partial charge on any atom is 0.224 e. The maximum absolute atomic E-state index is 11.2. The van der Waals surface area contributed by atoms with Crippen LogP contribution in [0.15, 0.2) is 42.7 Å². The van der Waals surface area contributed by atoms with Crippen LogP contribution in [0.1, 0.15) is 36.0 Å². The van der Waals surface area contributed by atoms with E-state index in [-0.39, 0.29) is 11.7 Å². The van der Waals surface area contributed by atoms with Crippen molar-refractivity contribution in [1.29, 1.82) is 0 Å². The van der Waals surface area contributed by atoms with E-state index in [2.05, 4.69) is 26.9 Å². The van der Waals surface area contributed by atoms with Gasteiger partial charge in [-0.05, 0) is 48.9 Å². The minimum atomic E-state index is -2.94. The van der Waals surface area contributed by atoms with Crippen molar-refractivity contribution in [3.8, 4) is 11.6 Å². The van der Waals surface area contributed by atoms with E-state index in [0.717, 1.165) is 29.1 Å². The second-order valence-corrected chi connectivity index (χ2v) is 9.66. The molecule has 0 saturated heterocycles. The molecule has 2 N–H and O–H groups in total. The predicted octanol–water partition coefficient (Wildman–Crippen LogP) is 2.97. The van der Waals surface area contributed by atoms with Crippen molar-refractivity contribution in [3.63, 3.8) is 0 Å². The Labute approximate surface area is 182 Å². The van der Waals surface area contributed by atoms with E-state index >= 15 is 0 Å². The molecule has 0 unspecified atom stereocenters. The lowest BCUT2D eigenvalue weighted by Crippen LogP contribution is -2.04. The molecule has 0 radical (unpaired) electrons. The van der Waals surface area contributed by atoms with Crippen LogP contribution in [0.4, 0.5) is 5.95 Å². The Balaban J connectivity index is 1.59. The molecule has 3 rings (SSSR count). The van der Waals surface area contributed by atoms with E-state index in [1.54, 1.807) is 6.07 Å². The van der Waals surface area contributed by atoms with Crippen LogP contribution >= 0.6 is 0 Å². The summed E-state index contributed by atoms with van der Waals surface area (Å²) < 4.78 is 28.3. The molecule has 0 atom stereocenters. The number of nitrogens with zero attached hydrogens (tertiary/aromatic N) is 4. The number of aryl methyl sites for hydroxylation is 4. The van der Waals surface area contributed by atoms with Gasteiger partial charge in [-0.2, -0.15) is 4.98 Å². The number of aromatic nitrogens is 4. The number of nitrogens with two attached hydrogens (primary N) is 1. The molecule has 2 heterocycles. The van der Waals surface area contributed by atoms with Gasteiger partial charge in [0.25, 0.3) is 0 Å². The number of hydrogen-bond donors (Lipinski definition) is 1. The minimum absolute atomic E-state index is 0.146. The van der Waals surface area contributed by atoms with E-state index < -0.39 is 9.84 Å². The third-order valence-corrected chi connectivity index (χ3v) is 5.70. The smallest absolute Gasteiger partial charge is 0.224 e. The fourth-order valence-corrected chi connectivity index (χ4v) is 3.66. The zero-order chi connectivity index (χ0) is 22.3. The molecule has 8 nitrogen and oxygen atoms in total. The largest absolute Gasteiger partial charge is 0.439 e. The van der Waals surface area contributed by atoms with Gasteiger partial charge in [0.1, 0.15) is 21.4 Å². The maximum atomic E-state index is 11.2. The first kappa shape index (κ1) is 22.6. The molecule has 0 spiro atoms. The van der Waals surface area contributed by atoms with Crippen LogP contribution in [-0.2, 0) is 35.5 Å². The van der Waals surface area contributed by atoms with Crippen molar-refractivity contribution in [2.75, 3.05) is 17.7 Å². The van der Waals surface area contributed by atoms with Crippen molar-refractivity contribution in [2.45, 2.75) is 39.0 Å². The highest BCUT2D eigenvalue weighted by atomic mass is 32.2. The quantitative estimate of drug-likeness (QED) is 0.510. The van der Waals surface area contributed by atoms with Crippen LogP contribution in [0.2, 0.25) is 0 Å². The van der Waals surface area contributed by atoms with Crippen molar-refractivity contribution in [2.24, 2.45) is 0 Å². The third kappa shape index (κ3) is 7.60. The van der Waals surface area contributed by atoms with Crippen LogP contribution in [0, 0.1) is 0 Å². The molecule has 0 bridgehead atoms. The molecule has 31 heavy (non-hydrogen) atoms. The summed E-state index contributed by atoms with van der Waals surface area (Å²) in [5.41, 5.74) is 8.76. The van der Waals surface area contributed by atoms with Crippen LogP contribution in [0.3, 0.4) is 0 Å². The van der Waals surface area contributed by atoms with E-state index in [0.29, 0.717) is 37.3 Å². The lowest BCUT2D eigenvalue weighted by molar-refractivity contribution is 0.461.